The minimum absolute atomic E-state index is 0.0455. The number of aliphatic hydroxyl groups is 1. The molecule has 2 rings (SSSR count). The fourth-order valence-corrected chi connectivity index (χ4v) is 3.08. The first-order valence-corrected chi connectivity index (χ1v) is 8.00. The molecule has 0 bridgehead atoms. The van der Waals surface area contributed by atoms with E-state index in [0.29, 0.717) is 13.2 Å². The second kappa shape index (κ2) is 7.98. The standard InChI is InChI=1S/C15H23BrN2O2/c1-2-5-17-9-12-3-4-15(14(16)8-12)18-6-7-20-11-13(18)10-19/h3-4,8,13,17,19H,2,5-7,9-11H2,1H3. The third kappa shape index (κ3) is 3.95. The highest BCUT2D eigenvalue weighted by Gasteiger charge is 2.23. The number of halogens is 1. The van der Waals surface area contributed by atoms with Gasteiger partial charge in [-0.25, -0.2) is 0 Å². The summed E-state index contributed by atoms with van der Waals surface area (Å²) in [6, 6.07) is 6.47. The zero-order chi connectivity index (χ0) is 14.4. The molecule has 1 unspecified atom stereocenters. The lowest BCUT2D eigenvalue weighted by atomic mass is 10.1. The van der Waals surface area contributed by atoms with Crippen molar-refractivity contribution in [3.63, 3.8) is 0 Å². The third-order valence-corrected chi connectivity index (χ3v) is 4.15. The molecule has 1 fully saturated rings. The van der Waals surface area contributed by atoms with Crippen LogP contribution in [0.1, 0.15) is 18.9 Å². The normalized spacial score (nSPS) is 19.4. The summed E-state index contributed by atoms with van der Waals surface area (Å²) >= 11 is 3.66. The first-order valence-electron chi connectivity index (χ1n) is 7.20. The minimum Gasteiger partial charge on any atom is -0.394 e. The van der Waals surface area contributed by atoms with E-state index >= 15 is 0 Å². The van der Waals surface area contributed by atoms with E-state index in [1.807, 2.05) is 0 Å². The zero-order valence-electron chi connectivity index (χ0n) is 11.9. The smallest absolute Gasteiger partial charge is 0.0755 e. The van der Waals surface area contributed by atoms with Gasteiger partial charge in [0.15, 0.2) is 0 Å². The maximum absolute atomic E-state index is 9.46. The van der Waals surface area contributed by atoms with Crippen LogP contribution in [0.2, 0.25) is 0 Å². The van der Waals surface area contributed by atoms with Gasteiger partial charge in [0, 0.05) is 17.6 Å². The fraction of sp³-hybridized carbons (Fsp3) is 0.600. The molecule has 0 saturated carbocycles. The quantitative estimate of drug-likeness (QED) is 0.777. The van der Waals surface area contributed by atoms with Crippen LogP contribution < -0.4 is 10.2 Å². The van der Waals surface area contributed by atoms with Gasteiger partial charge >= 0.3 is 0 Å². The van der Waals surface area contributed by atoms with Crippen molar-refractivity contribution in [1.29, 1.82) is 0 Å². The van der Waals surface area contributed by atoms with Crippen LogP contribution in [0.3, 0.4) is 0 Å². The van der Waals surface area contributed by atoms with Crippen molar-refractivity contribution >= 4 is 21.6 Å². The second-order valence-electron chi connectivity index (χ2n) is 5.07. The lowest BCUT2D eigenvalue weighted by Gasteiger charge is -2.37. The van der Waals surface area contributed by atoms with Crippen LogP contribution in [-0.2, 0) is 11.3 Å². The van der Waals surface area contributed by atoms with Crippen LogP contribution in [0.25, 0.3) is 0 Å². The largest absolute Gasteiger partial charge is 0.394 e. The minimum atomic E-state index is 0.0455. The van der Waals surface area contributed by atoms with Gasteiger partial charge < -0.3 is 20.1 Å². The highest BCUT2D eigenvalue weighted by Crippen LogP contribution is 2.29. The predicted molar refractivity (Wildman–Crippen MR) is 85.2 cm³/mol. The molecule has 0 aromatic heterocycles. The maximum Gasteiger partial charge on any atom is 0.0755 e. The molecule has 0 radical (unpaired) electrons. The summed E-state index contributed by atoms with van der Waals surface area (Å²) in [7, 11) is 0. The summed E-state index contributed by atoms with van der Waals surface area (Å²) in [4.78, 5) is 2.22. The molecule has 1 aromatic carbocycles. The second-order valence-corrected chi connectivity index (χ2v) is 5.92. The lowest BCUT2D eigenvalue weighted by Crippen LogP contribution is -2.47. The summed E-state index contributed by atoms with van der Waals surface area (Å²) in [6.07, 6.45) is 1.14. The Balaban J connectivity index is 2.08. The van der Waals surface area contributed by atoms with E-state index in [4.69, 9.17) is 4.74 Å². The zero-order valence-corrected chi connectivity index (χ0v) is 13.5. The first-order chi connectivity index (χ1) is 9.76. The summed E-state index contributed by atoms with van der Waals surface area (Å²) in [5, 5.41) is 12.9. The highest BCUT2D eigenvalue weighted by molar-refractivity contribution is 9.10. The average molecular weight is 343 g/mol. The van der Waals surface area contributed by atoms with E-state index in [1.165, 1.54) is 5.56 Å². The van der Waals surface area contributed by atoms with Gasteiger partial charge in [0.05, 0.1) is 31.5 Å². The topological polar surface area (TPSA) is 44.7 Å². The van der Waals surface area contributed by atoms with Crippen molar-refractivity contribution in [3.8, 4) is 0 Å². The van der Waals surface area contributed by atoms with E-state index in [9.17, 15) is 5.11 Å². The molecule has 1 aliphatic rings. The molecule has 1 aromatic rings. The number of hydrogen-bond acceptors (Lipinski definition) is 4. The molecule has 0 aliphatic carbocycles. The number of anilines is 1. The molecule has 112 valence electrons. The van der Waals surface area contributed by atoms with Crippen molar-refractivity contribution in [2.45, 2.75) is 25.9 Å². The Bertz CT molecular complexity index is 428. The Morgan fingerprint density at radius 2 is 2.35 bits per heavy atom. The lowest BCUT2D eigenvalue weighted by molar-refractivity contribution is 0.0726. The van der Waals surface area contributed by atoms with E-state index in [0.717, 1.165) is 36.2 Å². The van der Waals surface area contributed by atoms with E-state index in [1.54, 1.807) is 0 Å². The Morgan fingerprint density at radius 1 is 1.50 bits per heavy atom. The summed E-state index contributed by atoms with van der Waals surface area (Å²) < 4.78 is 6.50. The maximum atomic E-state index is 9.46. The van der Waals surface area contributed by atoms with Crippen LogP contribution in [0.5, 0.6) is 0 Å². The fourth-order valence-electron chi connectivity index (χ4n) is 2.43. The summed E-state index contributed by atoms with van der Waals surface area (Å²) in [6.45, 7) is 6.32. The highest BCUT2D eigenvalue weighted by atomic mass is 79.9. The van der Waals surface area contributed by atoms with Crippen LogP contribution in [0.15, 0.2) is 22.7 Å². The number of nitrogens with zero attached hydrogens (tertiary/aromatic N) is 1. The molecule has 20 heavy (non-hydrogen) atoms. The van der Waals surface area contributed by atoms with Gasteiger partial charge in [-0.05, 0) is 46.6 Å². The van der Waals surface area contributed by atoms with Gasteiger partial charge in [0.2, 0.25) is 0 Å². The van der Waals surface area contributed by atoms with Gasteiger partial charge in [-0.1, -0.05) is 13.0 Å². The van der Waals surface area contributed by atoms with E-state index in [2.05, 4.69) is 51.3 Å². The number of rotatable bonds is 6. The Hall–Kier alpha value is -0.620. The van der Waals surface area contributed by atoms with Gasteiger partial charge in [-0.3, -0.25) is 0 Å². The van der Waals surface area contributed by atoms with E-state index in [-0.39, 0.29) is 12.6 Å². The van der Waals surface area contributed by atoms with Crippen molar-refractivity contribution < 1.29 is 9.84 Å². The van der Waals surface area contributed by atoms with Crippen molar-refractivity contribution in [2.24, 2.45) is 0 Å². The molecule has 4 nitrogen and oxygen atoms in total. The molecular formula is C15H23BrN2O2. The number of aliphatic hydroxyl groups excluding tert-OH is 1. The number of hydrogen-bond donors (Lipinski definition) is 2. The predicted octanol–water partition coefficient (Wildman–Crippen LogP) is 2.15. The van der Waals surface area contributed by atoms with Gasteiger partial charge in [0.25, 0.3) is 0 Å². The van der Waals surface area contributed by atoms with Gasteiger partial charge in [-0.2, -0.15) is 0 Å². The van der Waals surface area contributed by atoms with Gasteiger partial charge in [0.1, 0.15) is 0 Å². The Morgan fingerprint density at radius 3 is 3.05 bits per heavy atom. The third-order valence-electron chi connectivity index (χ3n) is 3.52. The SMILES string of the molecule is CCCNCc1ccc(N2CCOCC2CO)c(Br)c1. The number of ether oxygens (including phenoxy) is 1. The average Bonchev–Trinajstić information content (AvgIpc) is 2.48. The summed E-state index contributed by atoms with van der Waals surface area (Å²) in [5.41, 5.74) is 2.40. The molecule has 1 atom stereocenters. The Kier molecular flexibility index (Phi) is 6.29. The van der Waals surface area contributed by atoms with Crippen LogP contribution in [0, 0.1) is 0 Å². The molecule has 1 aliphatic heterocycles. The Labute approximate surface area is 129 Å². The van der Waals surface area contributed by atoms with Crippen molar-refractivity contribution in [3.05, 3.63) is 28.2 Å². The summed E-state index contributed by atoms with van der Waals surface area (Å²) in [5.74, 6) is 0. The monoisotopic (exact) mass is 342 g/mol. The van der Waals surface area contributed by atoms with Crippen molar-refractivity contribution in [1.82, 2.24) is 5.32 Å². The van der Waals surface area contributed by atoms with Crippen LogP contribution in [-0.4, -0.2) is 44.1 Å². The molecule has 2 N–H and O–H groups in total. The molecular weight excluding hydrogens is 320 g/mol. The van der Waals surface area contributed by atoms with Crippen molar-refractivity contribution in [2.75, 3.05) is 37.8 Å². The van der Waals surface area contributed by atoms with Gasteiger partial charge in [-0.15, -0.1) is 0 Å². The molecule has 1 heterocycles. The van der Waals surface area contributed by atoms with Crippen LogP contribution in [0.4, 0.5) is 5.69 Å². The number of benzene rings is 1. The number of nitrogens with one attached hydrogen (secondary N) is 1. The van der Waals surface area contributed by atoms with E-state index < -0.39 is 0 Å². The molecule has 1 saturated heterocycles. The number of morpholine rings is 1. The first kappa shape index (κ1) is 15.8. The molecule has 5 heteroatoms. The molecule has 0 amide bonds. The van der Waals surface area contributed by atoms with Crippen LogP contribution >= 0.6 is 15.9 Å². The molecule has 0 spiro atoms.